The van der Waals surface area contributed by atoms with Crippen molar-refractivity contribution < 1.29 is 33.6 Å². The van der Waals surface area contributed by atoms with Crippen LogP contribution in [0.1, 0.15) is 42.4 Å². The van der Waals surface area contributed by atoms with Gasteiger partial charge >= 0.3 is 6.09 Å². The van der Waals surface area contributed by atoms with Crippen molar-refractivity contribution in [2.75, 3.05) is 71.0 Å². The Morgan fingerprint density at radius 2 is 1.08 bits per heavy atom. The van der Waals surface area contributed by atoms with E-state index in [0.717, 1.165) is 54.9 Å². The molecule has 3 aromatic rings. The average Bonchev–Trinajstić information content (AvgIpc) is 3.12. The molecule has 0 saturated carbocycles. The van der Waals surface area contributed by atoms with Gasteiger partial charge in [-0.2, -0.15) is 0 Å². The summed E-state index contributed by atoms with van der Waals surface area (Å²) in [5, 5.41) is 14.8. The lowest BCUT2D eigenvalue weighted by Gasteiger charge is -2.36. The predicted octanol–water partition coefficient (Wildman–Crippen LogP) is 6.33. The lowest BCUT2D eigenvalue weighted by molar-refractivity contribution is -0.122. The zero-order valence-corrected chi connectivity index (χ0v) is 29.1. The van der Waals surface area contributed by atoms with Gasteiger partial charge in [0.25, 0.3) is 0 Å². The molecule has 0 bridgehead atoms. The summed E-state index contributed by atoms with van der Waals surface area (Å²) in [6, 6.07) is 29.2. The van der Waals surface area contributed by atoms with Gasteiger partial charge in [0.15, 0.2) is 0 Å². The number of hydrogen-bond donors (Lipinski definition) is 3. The number of halogens is 1. The number of amides is 2. The molecule has 3 N–H and O–H groups in total. The standard InChI is InChI=1S/C37H49ClN2O7S/c38-20-12-1-2-13-22-44-24-26-46-28-29-47-27-25-45-23-21-39-35(41)34(40-36(42)43)30-48-37(31-14-6-3-7-15-31,32-16-8-4-9-17-32)33-18-10-5-11-19-33/h3-11,14-19,34,40H,1-2,12-13,20-30H2,(H,39,41)(H,42,43)/t34-/m0/s1. The number of thioether (sulfide) groups is 1. The van der Waals surface area contributed by atoms with Crippen molar-refractivity contribution in [3.63, 3.8) is 0 Å². The van der Waals surface area contributed by atoms with Crippen molar-refractivity contribution in [2.45, 2.75) is 36.5 Å². The van der Waals surface area contributed by atoms with Crippen molar-refractivity contribution in [3.05, 3.63) is 108 Å². The highest BCUT2D eigenvalue weighted by Gasteiger charge is 2.38. The molecule has 0 aliphatic heterocycles. The molecular formula is C37H49ClN2O7S. The first-order chi connectivity index (χ1) is 23.6. The molecule has 2 amide bonds. The summed E-state index contributed by atoms with van der Waals surface area (Å²) in [7, 11) is 0. The van der Waals surface area contributed by atoms with Crippen molar-refractivity contribution >= 4 is 35.4 Å². The molecule has 1 atom stereocenters. The predicted molar refractivity (Wildman–Crippen MR) is 192 cm³/mol. The van der Waals surface area contributed by atoms with Gasteiger partial charge in [0.05, 0.1) is 51.0 Å². The van der Waals surface area contributed by atoms with Gasteiger partial charge in [-0.3, -0.25) is 4.79 Å². The number of hydrogen-bond acceptors (Lipinski definition) is 7. The summed E-state index contributed by atoms with van der Waals surface area (Å²) < 4.78 is 21.5. The molecule has 0 aromatic heterocycles. The molecule has 0 heterocycles. The Morgan fingerprint density at radius 1 is 0.646 bits per heavy atom. The number of rotatable bonds is 26. The van der Waals surface area contributed by atoms with E-state index in [2.05, 4.69) is 47.0 Å². The Morgan fingerprint density at radius 3 is 1.54 bits per heavy atom. The van der Waals surface area contributed by atoms with E-state index < -0.39 is 22.8 Å². The minimum Gasteiger partial charge on any atom is -0.465 e. The second-order valence-electron chi connectivity index (χ2n) is 10.9. The van der Waals surface area contributed by atoms with Gasteiger partial charge in [-0.05, 0) is 29.5 Å². The summed E-state index contributed by atoms with van der Waals surface area (Å²) >= 11 is 7.19. The van der Waals surface area contributed by atoms with Crippen LogP contribution in [0.25, 0.3) is 0 Å². The Labute approximate surface area is 294 Å². The molecule has 0 aliphatic rings. The van der Waals surface area contributed by atoms with Crippen LogP contribution in [0.2, 0.25) is 0 Å². The van der Waals surface area contributed by atoms with Crippen molar-refractivity contribution in [1.29, 1.82) is 0 Å². The van der Waals surface area contributed by atoms with Crippen LogP contribution in [0.15, 0.2) is 91.0 Å². The summed E-state index contributed by atoms with van der Waals surface area (Å²) in [6.07, 6.45) is 3.11. The summed E-state index contributed by atoms with van der Waals surface area (Å²) in [4.78, 5) is 25.0. The van der Waals surface area contributed by atoms with Gasteiger partial charge < -0.3 is 34.7 Å². The van der Waals surface area contributed by atoms with Crippen LogP contribution in [-0.2, 0) is 28.5 Å². The minimum atomic E-state index is -1.26. The number of alkyl halides is 1. The normalized spacial score (nSPS) is 12.0. The van der Waals surface area contributed by atoms with Crippen LogP contribution >= 0.6 is 23.4 Å². The van der Waals surface area contributed by atoms with Gasteiger partial charge in [-0.1, -0.05) is 104 Å². The van der Waals surface area contributed by atoms with Crippen LogP contribution < -0.4 is 10.6 Å². The molecule has 0 saturated heterocycles. The van der Waals surface area contributed by atoms with Gasteiger partial charge in [0, 0.05) is 24.8 Å². The molecule has 0 aliphatic carbocycles. The number of carboxylic acid groups (broad SMARTS) is 1. The van der Waals surface area contributed by atoms with Crippen LogP contribution in [-0.4, -0.2) is 94.2 Å². The van der Waals surface area contributed by atoms with Crippen LogP contribution in [0, 0.1) is 0 Å². The highest BCUT2D eigenvalue weighted by atomic mass is 35.5. The third-order valence-electron chi connectivity index (χ3n) is 7.46. The number of unbranched alkanes of at least 4 members (excludes halogenated alkanes) is 3. The Balaban J connectivity index is 1.42. The lowest BCUT2D eigenvalue weighted by atomic mass is 9.84. The quantitative estimate of drug-likeness (QED) is 0.0506. The SMILES string of the molecule is O=C(O)N[C@@H](CSC(c1ccccc1)(c1ccccc1)c1ccccc1)C(=O)NCCOCCOCCOCCOCCCCCCCl. The molecule has 0 unspecified atom stereocenters. The largest absolute Gasteiger partial charge is 0.465 e. The van der Waals surface area contributed by atoms with Gasteiger partial charge in [0.2, 0.25) is 5.91 Å². The molecule has 0 radical (unpaired) electrons. The van der Waals surface area contributed by atoms with E-state index in [1.165, 1.54) is 11.8 Å². The van der Waals surface area contributed by atoms with E-state index in [9.17, 15) is 14.7 Å². The maximum absolute atomic E-state index is 13.2. The Bertz CT molecular complexity index is 1180. The fourth-order valence-corrected chi connectivity index (χ4v) is 6.84. The number of nitrogens with one attached hydrogen (secondary N) is 2. The van der Waals surface area contributed by atoms with Crippen LogP contribution in [0.5, 0.6) is 0 Å². The third-order valence-corrected chi connectivity index (χ3v) is 9.36. The first kappa shape index (κ1) is 39.3. The first-order valence-electron chi connectivity index (χ1n) is 16.5. The lowest BCUT2D eigenvalue weighted by Crippen LogP contribution is -2.49. The van der Waals surface area contributed by atoms with Crippen LogP contribution in [0.3, 0.4) is 0 Å². The maximum Gasteiger partial charge on any atom is 0.405 e. The molecule has 48 heavy (non-hydrogen) atoms. The van der Waals surface area contributed by atoms with E-state index in [0.29, 0.717) is 39.6 Å². The molecular weight excluding hydrogens is 652 g/mol. The molecule has 0 spiro atoms. The van der Waals surface area contributed by atoms with E-state index >= 15 is 0 Å². The topological polar surface area (TPSA) is 115 Å². The average molecular weight is 701 g/mol. The smallest absolute Gasteiger partial charge is 0.405 e. The van der Waals surface area contributed by atoms with Gasteiger partial charge in [-0.15, -0.1) is 23.4 Å². The van der Waals surface area contributed by atoms with E-state index in [4.69, 9.17) is 30.5 Å². The molecule has 11 heteroatoms. The fourth-order valence-electron chi connectivity index (χ4n) is 5.09. The fraction of sp³-hybridized carbons (Fsp3) is 0.459. The van der Waals surface area contributed by atoms with Gasteiger partial charge in [0.1, 0.15) is 6.04 Å². The zero-order chi connectivity index (χ0) is 34.1. The second kappa shape index (κ2) is 24.1. The van der Waals surface area contributed by atoms with E-state index in [1.807, 2.05) is 54.6 Å². The Kier molecular flexibility index (Phi) is 19.7. The zero-order valence-electron chi connectivity index (χ0n) is 27.5. The third kappa shape index (κ3) is 14.2. The molecule has 3 aromatic carbocycles. The molecule has 9 nitrogen and oxygen atoms in total. The van der Waals surface area contributed by atoms with Gasteiger partial charge in [-0.25, -0.2) is 4.79 Å². The number of carbonyl (C=O) groups is 2. The molecule has 3 rings (SSSR count). The highest BCUT2D eigenvalue weighted by molar-refractivity contribution is 8.00. The summed E-state index contributed by atoms with van der Waals surface area (Å²) in [6.45, 7) is 4.04. The summed E-state index contributed by atoms with van der Waals surface area (Å²) in [5.41, 5.74) is 3.08. The summed E-state index contributed by atoms with van der Waals surface area (Å²) in [5.74, 6) is 0.493. The van der Waals surface area contributed by atoms with Crippen molar-refractivity contribution in [3.8, 4) is 0 Å². The van der Waals surface area contributed by atoms with Crippen molar-refractivity contribution in [1.82, 2.24) is 10.6 Å². The second-order valence-corrected chi connectivity index (χ2v) is 12.5. The minimum absolute atomic E-state index is 0.189. The molecule has 0 fully saturated rings. The maximum atomic E-state index is 13.2. The van der Waals surface area contributed by atoms with E-state index in [-0.39, 0.29) is 18.9 Å². The first-order valence-corrected chi connectivity index (χ1v) is 18.0. The Hall–Kier alpha value is -3.12. The molecule has 262 valence electrons. The van der Waals surface area contributed by atoms with Crippen molar-refractivity contribution in [2.24, 2.45) is 0 Å². The van der Waals surface area contributed by atoms with E-state index in [1.54, 1.807) is 0 Å². The number of benzene rings is 3. The number of carbonyl (C=O) groups excluding carboxylic acids is 1. The van der Waals surface area contributed by atoms with Crippen LogP contribution in [0.4, 0.5) is 4.79 Å². The number of ether oxygens (including phenoxy) is 4. The highest BCUT2D eigenvalue weighted by Crippen LogP contribution is 2.48. The monoisotopic (exact) mass is 700 g/mol.